The highest BCUT2D eigenvalue weighted by Crippen LogP contribution is 2.19. The van der Waals surface area contributed by atoms with Gasteiger partial charge in [0.05, 0.1) is 0 Å². The molecule has 0 fully saturated rings. The Morgan fingerprint density at radius 2 is 1.71 bits per heavy atom. The van der Waals surface area contributed by atoms with Crippen LogP contribution in [0.2, 0.25) is 0 Å². The number of hydrogen-bond acceptors (Lipinski definition) is 2. The molecule has 0 radical (unpaired) electrons. The molecule has 0 aliphatic rings. The summed E-state index contributed by atoms with van der Waals surface area (Å²) < 4.78 is 26.3. The predicted octanol–water partition coefficient (Wildman–Crippen LogP) is 1.21. The van der Waals surface area contributed by atoms with Crippen LogP contribution in [0.25, 0.3) is 0 Å². The average Bonchev–Trinajstić information content (AvgIpc) is 1.96. The summed E-state index contributed by atoms with van der Waals surface area (Å²) in [6.45, 7) is 6.95. The number of rotatable bonds is 5. The lowest BCUT2D eigenvalue weighted by Crippen LogP contribution is -2.36. The Morgan fingerprint density at radius 3 is 2.07 bits per heavy atom. The monoisotopic (exact) mass is 222 g/mol. The summed E-state index contributed by atoms with van der Waals surface area (Å²) in [6.07, 6.45) is 1.89. The first kappa shape index (κ1) is 13.9. The van der Waals surface area contributed by atoms with E-state index in [1.54, 1.807) is 0 Å². The van der Waals surface area contributed by atoms with Crippen LogP contribution in [0.4, 0.5) is 0 Å². The van der Waals surface area contributed by atoms with Crippen molar-refractivity contribution in [2.75, 3.05) is 20.6 Å². The van der Waals surface area contributed by atoms with Gasteiger partial charge in [-0.1, -0.05) is 20.8 Å². The molecule has 0 spiro atoms. The van der Waals surface area contributed by atoms with Crippen LogP contribution in [0.3, 0.4) is 0 Å². The summed E-state index contributed by atoms with van der Waals surface area (Å²) >= 11 is 0. The van der Waals surface area contributed by atoms with Gasteiger partial charge >= 0.3 is 0 Å². The lowest BCUT2D eigenvalue weighted by Gasteiger charge is -2.18. The van der Waals surface area contributed by atoms with Crippen molar-refractivity contribution in [3.8, 4) is 0 Å². The van der Waals surface area contributed by atoms with E-state index in [2.05, 4.69) is 25.5 Å². The fourth-order valence-corrected chi connectivity index (χ4v) is 1.61. The van der Waals surface area contributed by atoms with E-state index in [4.69, 9.17) is 0 Å². The molecule has 5 heteroatoms. The molecular formula is C9H22N2O2S. The Labute approximate surface area is 87.9 Å². The van der Waals surface area contributed by atoms with Crippen molar-refractivity contribution in [3.05, 3.63) is 0 Å². The Morgan fingerprint density at radius 1 is 1.21 bits per heavy atom. The maximum Gasteiger partial charge on any atom is 0.278 e. The molecule has 0 aromatic rings. The number of nitrogens with one attached hydrogen (secondary N) is 1. The van der Waals surface area contributed by atoms with Gasteiger partial charge < -0.3 is 0 Å². The van der Waals surface area contributed by atoms with Crippen molar-refractivity contribution in [3.63, 3.8) is 0 Å². The molecule has 0 aliphatic carbocycles. The van der Waals surface area contributed by atoms with Gasteiger partial charge in [-0.25, -0.2) is 4.72 Å². The quantitative estimate of drug-likeness (QED) is 0.711. The minimum Gasteiger partial charge on any atom is -0.202 e. The molecule has 14 heavy (non-hydrogen) atoms. The topological polar surface area (TPSA) is 49.4 Å². The van der Waals surface area contributed by atoms with E-state index in [0.717, 1.165) is 12.8 Å². The summed E-state index contributed by atoms with van der Waals surface area (Å²) in [4.78, 5) is 0. The number of nitrogens with zero attached hydrogens (tertiary/aromatic N) is 1. The second-order valence-corrected chi connectivity index (χ2v) is 6.82. The lowest BCUT2D eigenvalue weighted by molar-refractivity contribution is 0.364. The minimum atomic E-state index is -3.23. The average molecular weight is 222 g/mol. The maximum absolute atomic E-state index is 11.3. The van der Waals surface area contributed by atoms with Gasteiger partial charge in [-0.15, -0.1) is 0 Å². The van der Waals surface area contributed by atoms with Crippen LogP contribution in [0, 0.1) is 5.41 Å². The summed E-state index contributed by atoms with van der Waals surface area (Å²) in [5, 5.41) is 0. The van der Waals surface area contributed by atoms with Gasteiger partial charge in [0.2, 0.25) is 0 Å². The fourth-order valence-electron chi connectivity index (χ4n) is 0.949. The lowest BCUT2D eigenvalue weighted by atomic mass is 9.91. The molecule has 0 aromatic carbocycles. The third-order valence-electron chi connectivity index (χ3n) is 1.87. The van der Waals surface area contributed by atoms with Crippen LogP contribution in [0.15, 0.2) is 0 Å². The van der Waals surface area contributed by atoms with E-state index in [1.165, 1.54) is 18.4 Å². The van der Waals surface area contributed by atoms with Gasteiger partial charge in [0.25, 0.3) is 10.2 Å². The van der Waals surface area contributed by atoms with E-state index < -0.39 is 10.2 Å². The van der Waals surface area contributed by atoms with Gasteiger partial charge in [-0.3, -0.25) is 0 Å². The molecule has 0 bridgehead atoms. The SMILES string of the molecule is CN(C)S(=O)(=O)NCCCC(C)(C)C. The molecule has 0 saturated carbocycles. The summed E-state index contributed by atoms with van der Waals surface area (Å²) in [7, 11) is -0.193. The highest BCUT2D eigenvalue weighted by molar-refractivity contribution is 7.87. The van der Waals surface area contributed by atoms with Gasteiger partial charge in [0, 0.05) is 20.6 Å². The molecule has 0 rings (SSSR count). The smallest absolute Gasteiger partial charge is 0.202 e. The first-order chi connectivity index (χ1) is 6.15. The summed E-state index contributed by atoms with van der Waals surface area (Å²) in [5.41, 5.74) is 0.267. The third kappa shape index (κ3) is 6.34. The second-order valence-electron chi connectivity index (χ2n) is 4.85. The Bertz CT molecular complexity index is 252. The van der Waals surface area contributed by atoms with Crippen LogP contribution >= 0.6 is 0 Å². The number of hydrogen-bond donors (Lipinski definition) is 1. The van der Waals surface area contributed by atoms with E-state index in [1.807, 2.05) is 0 Å². The maximum atomic E-state index is 11.3. The van der Waals surface area contributed by atoms with Crippen molar-refractivity contribution in [2.24, 2.45) is 5.41 Å². The molecule has 0 aliphatic heterocycles. The normalized spacial score (nSPS) is 13.6. The van der Waals surface area contributed by atoms with Crippen LogP contribution < -0.4 is 4.72 Å². The molecule has 0 unspecified atom stereocenters. The van der Waals surface area contributed by atoms with Crippen molar-refractivity contribution in [2.45, 2.75) is 33.6 Å². The summed E-state index contributed by atoms with van der Waals surface area (Å²) in [5.74, 6) is 0. The van der Waals surface area contributed by atoms with E-state index in [-0.39, 0.29) is 5.41 Å². The molecule has 0 amide bonds. The Balaban J connectivity index is 3.77. The molecule has 0 saturated heterocycles. The minimum absolute atomic E-state index is 0.267. The standard InChI is InChI=1S/C9H22N2O2S/c1-9(2,3)7-6-8-10-14(12,13)11(4)5/h10H,6-8H2,1-5H3. The molecule has 0 aromatic heterocycles. The van der Waals surface area contributed by atoms with Gasteiger partial charge in [0.1, 0.15) is 0 Å². The van der Waals surface area contributed by atoms with Gasteiger partial charge in [0.15, 0.2) is 0 Å². The fraction of sp³-hybridized carbons (Fsp3) is 1.00. The van der Waals surface area contributed by atoms with Gasteiger partial charge in [-0.05, 0) is 18.3 Å². The van der Waals surface area contributed by atoms with Gasteiger partial charge in [-0.2, -0.15) is 12.7 Å². The third-order valence-corrected chi connectivity index (χ3v) is 3.40. The van der Waals surface area contributed by atoms with Crippen molar-refractivity contribution >= 4 is 10.2 Å². The van der Waals surface area contributed by atoms with Crippen LogP contribution in [-0.2, 0) is 10.2 Å². The zero-order chi connectivity index (χ0) is 11.4. The molecule has 4 nitrogen and oxygen atoms in total. The van der Waals surface area contributed by atoms with Crippen LogP contribution in [0.1, 0.15) is 33.6 Å². The van der Waals surface area contributed by atoms with Crippen molar-refractivity contribution in [1.29, 1.82) is 0 Å². The first-order valence-electron chi connectivity index (χ1n) is 4.82. The Kier molecular flexibility index (Phi) is 5.05. The van der Waals surface area contributed by atoms with E-state index in [0.29, 0.717) is 6.54 Å². The Hall–Kier alpha value is -0.130. The van der Waals surface area contributed by atoms with Crippen LogP contribution in [0.5, 0.6) is 0 Å². The summed E-state index contributed by atoms with van der Waals surface area (Å²) in [6, 6.07) is 0. The zero-order valence-electron chi connectivity index (χ0n) is 9.79. The van der Waals surface area contributed by atoms with E-state index in [9.17, 15) is 8.42 Å². The molecule has 0 atom stereocenters. The highest BCUT2D eigenvalue weighted by Gasteiger charge is 2.13. The highest BCUT2D eigenvalue weighted by atomic mass is 32.2. The molecule has 86 valence electrons. The molecule has 1 N–H and O–H groups in total. The zero-order valence-corrected chi connectivity index (χ0v) is 10.6. The van der Waals surface area contributed by atoms with Crippen molar-refractivity contribution in [1.82, 2.24) is 9.03 Å². The predicted molar refractivity (Wildman–Crippen MR) is 59.3 cm³/mol. The first-order valence-corrected chi connectivity index (χ1v) is 6.26. The largest absolute Gasteiger partial charge is 0.278 e. The second kappa shape index (κ2) is 5.09. The van der Waals surface area contributed by atoms with Crippen LogP contribution in [-0.4, -0.2) is 33.4 Å². The molecule has 0 heterocycles. The van der Waals surface area contributed by atoms with Crippen molar-refractivity contribution < 1.29 is 8.42 Å². The molecular weight excluding hydrogens is 200 g/mol. The van der Waals surface area contributed by atoms with E-state index >= 15 is 0 Å².